The van der Waals surface area contributed by atoms with Gasteiger partial charge in [-0.2, -0.15) is 0 Å². The predicted octanol–water partition coefficient (Wildman–Crippen LogP) is 4.21. The minimum absolute atomic E-state index is 0.0928. The number of aliphatic hydroxyl groups excluding tert-OH is 1. The number of hydrogen-bond donors (Lipinski definition) is 1. The summed E-state index contributed by atoms with van der Waals surface area (Å²) in [4.78, 5) is 27.2. The molecule has 0 unspecified atom stereocenters. The molecule has 6 rings (SSSR count). The van der Waals surface area contributed by atoms with Gasteiger partial charge in [0.2, 0.25) is 0 Å². The van der Waals surface area contributed by atoms with Crippen molar-refractivity contribution in [3.05, 3.63) is 24.2 Å². The summed E-state index contributed by atoms with van der Waals surface area (Å²) in [5.41, 5.74) is -1.73. The van der Waals surface area contributed by atoms with Crippen LogP contribution in [0.25, 0.3) is 0 Å². The van der Waals surface area contributed by atoms with E-state index in [9.17, 15) is 14.7 Å². The maximum absolute atomic E-state index is 14.1. The lowest BCUT2D eigenvalue weighted by molar-refractivity contribution is -0.230. The van der Waals surface area contributed by atoms with Crippen LogP contribution in [0.3, 0.4) is 0 Å². The monoisotopic (exact) mass is 442 g/mol. The Bertz CT molecular complexity index is 998. The van der Waals surface area contributed by atoms with Gasteiger partial charge >= 0.3 is 5.97 Å². The van der Waals surface area contributed by atoms with Crippen LogP contribution >= 0.6 is 0 Å². The number of ketones is 1. The van der Waals surface area contributed by atoms with Crippen LogP contribution in [0.15, 0.2) is 23.0 Å². The molecule has 6 heteroatoms. The van der Waals surface area contributed by atoms with E-state index >= 15 is 0 Å². The van der Waals surface area contributed by atoms with Crippen LogP contribution in [0, 0.1) is 33.5 Å². The summed E-state index contributed by atoms with van der Waals surface area (Å²) >= 11 is 0. The van der Waals surface area contributed by atoms with E-state index < -0.39 is 34.7 Å². The maximum Gasteiger partial charge on any atom is 0.339 e. The zero-order valence-corrected chi connectivity index (χ0v) is 19.6. The maximum atomic E-state index is 14.1. The van der Waals surface area contributed by atoms with Gasteiger partial charge in [-0.05, 0) is 61.3 Å². The zero-order valence-electron chi connectivity index (χ0n) is 19.6. The van der Waals surface area contributed by atoms with E-state index in [0.29, 0.717) is 6.42 Å². The number of cyclic esters (lactones) is 1. The van der Waals surface area contributed by atoms with Gasteiger partial charge < -0.3 is 19.0 Å². The van der Waals surface area contributed by atoms with Crippen molar-refractivity contribution in [2.75, 3.05) is 0 Å². The van der Waals surface area contributed by atoms with Crippen molar-refractivity contribution in [2.24, 2.45) is 33.5 Å². The fourth-order valence-electron chi connectivity index (χ4n) is 9.24. The molecule has 0 bridgehead atoms. The van der Waals surface area contributed by atoms with Crippen molar-refractivity contribution in [1.82, 2.24) is 0 Å². The minimum atomic E-state index is -0.856. The first-order valence-corrected chi connectivity index (χ1v) is 12.1. The molecule has 3 saturated carbocycles. The average Bonchev–Trinajstić information content (AvgIpc) is 3.30. The molecule has 3 heterocycles. The topological polar surface area (TPSA) is 89.3 Å². The van der Waals surface area contributed by atoms with Gasteiger partial charge in [-0.1, -0.05) is 27.7 Å². The number of esters is 1. The molecular formula is C26H34O6. The van der Waals surface area contributed by atoms with Gasteiger partial charge in [0, 0.05) is 17.4 Å². The quantitative estimate of drug-likeness (QED) is 0.518. The molecule has 2 aliphatic heterocycles. The molecule has 5 fully saturated rings. The molecule has 3 aliphatic carbocycles. The third kappa shape index (κ3) is 2.02. The Morgan fingerprint density at radius 3 is 2.44 bits per heavy atom. The van der Waals surface area contributed by atoms with Gasteiger partial charge in [0.1, 0.15) is 17.5 Å². The summed E-state index contributed by atoms with van der Waals surface area (Å²) < 4.78 is 17.6. The molecule has 174 valence electrons. The van der Waals surface area contributed by atoms with E-state index in [-0.39, 0.29) is 34.4 Å². The van der Waals surface area contributed by atoms with Crippen LogP contribution in [0.5, 0.6) is 0 Å². The molecule has 1 N–H and O–H groups in total. The van der Waals surface area contributed by atoms with Crippen LogP contribution in [-0.2, 0) is 19.1 Å². The first-order valence-electron chi connectivity index (χ1n) is 12.1. The van der Waals surface area contributed by atoms with Crippen LogP contribution in [0.4, 0.5) is 0 Å². The smallest absolute Gasteiger partial charge is 0.339 e. The Morgan fingerprint density at radius 1 is 1.00 bits per heavy atom. The predicted molar refractivity (Wildman–Crippen MR) is 114 cm³/mol. The highest BCUT2D eigenvalue weighted by Crippen LogP contribution is 2.79. The van der Waals surface area contributed by atoms with E-state index in [4.69, 9.17) is 13.9 Å². The van der Waals surface area contributed by atoms with E-state index in [0.717, 1.165) is 31.2 Å². The standard InChI is InChI=1S/C26H34O6/c1-22(2)16-12-18(28)25(5)15(23(16,3)9-7-17(22)27)6-10-24(4)19(14-8-11-30-13-14)31-21(29)20-26(24,25)32-20/h8,11,13,15-17,19-20,27H,6-7,9-10,12H2,1-5H3/t15-,16-,17+,19+,20-,23-,24+,25+,26-/m1/s1. The molecule has 1 spiro atoms. The van der Waals surface area contributed by atoms with Gasteiger partial charge in [-0.15, -0.1) is 0 Å². The number of furan rings is 1. The number of aliphatic hydroxyl groups is 1. The molecule has 5 aliphatic rings. The lowest BCUT2D eigenvalue weighted by Crippen LogP contribution is -2.72. The Kier molecular flexibility index (Phi) is 3.84. The fraction of sp³-hybridized carbons (Fsp3) is 0.769. The van der Waals surface area contributed by atoms with Crippen LogP contribution in [0.2, 0.25) is 0 Å². The summed E-state index contributed by atoms with van der Waals surface area (Å²) in [5.74, 6) is 0.0285. The van der Waals surface area contributed by atoms with Crippen molar-refractivity contribution in [3.8, 4) is 0 Å². The number of rotatable bonds is 1. The number of ether oxygens (including phenoxy) is 2. The summed E-state index contributed by atoms with van der Waals surface area (Å²) in [6.45, 7) is 10.8. The Hall–Kier alpha value is -1.66. The van der Waals surface area contributed by atoms with Crippen molar-refractivity contribution in [1.29, 1.82) is 0 Å². The highest BCUT2D eigenvalue weighted by molar-refractivity contribution is 5.93. The lowest BCUT2D eigenvalue weighted by Gasteiger charge is -2.68. The second-order valence-electron chi connectivity index (χ2n) is 12.4. The Balaban J connectivity index is 1.50. The zero-order chi connectivity index (χ0) is 22.9. The summed E-state index contributed by atoms with van der Waals surface area (Å²) in [6.07, 6.45) is 5.41. The molecule has 32 heavy (non-hydrogen) atoms. The second kappa shape index (κ2) is 5.87. The number of carbonyl (C=O) groups excluding carboxylic acids is 2. The highest BCUT2D eigenvalue weighted by Gasteiger charge is 2.88. The highest BCUT2D eigenvalue weighted by atomic mass is 16.7. The first-order chi connectivity index (χ1) is 14.9. The van der Waals surface area contributed by atoms with Gasteiger partial charge in [0.15, 0.2) is 6.10 Å². The third-order valence-corrected chi connectivity index (χ3v) is 11.0. The number of hydrogen-bond acceptors (Lipinski definition) is 6. The number of epoxide rings is 1. The molecule has 0 amide bonds. The van der Waals surface area contributed by atoms with Gasteiger partial charge in [0.25, 0.3) is 0 Å². The van der Waals surface area contributed by atoms with Crippen molar-refractivity contribution < 1.29 is 28.6 Å². The summed E-state index contributed by atoms with van der Waals surface area (Å²) in [5, 5.41) is 10.8. The molecule has 2 saturated heterocycles. The average molecular weight is 443 g/mol. The minimum Gasteiger partial charge on any atom is -0.472 e. The molecule has 9 atom stereocenters. The van der Waals surface area contributed by atoms with Crippen LogP contribution < -0.4 is 0 Å². The van der Waals surface area contributed by atoms with Crippen molar-refractivity contribution >= 4 is 11.8 Å². The largest absolute Gasteiger partial charge is 0.472 e. The van der Waals surface area contributed by atoms with Crippen LogP contribution in [-0.4, -0.2) is 34.7 Å². The lowest BCUT2D eigenvalue weighted by atomic mass is 9.35. The van der Waals surface area contributed by atoms with Crippen LogP contribution in [0.1, 0.15) is 78.4 Å². The molecule has 6 nitrogen and oxygen atoms in total. The second-order valence-corrected chi connectivity index (χ2v) is 12.4. The SMILES string of the molecule is CC1(C)[C@H]2CC(=O)[C@]3(C)[C@H](CC[C@@]4(C)[C@H](c5ccoc5)OC(=O)[C@H]5O[C@]543)[C@@]2(C)CC[C@@H]1O. The van der Waals surface area contributed by atoms with E-state index in [1.54, 1.807) is 12.5 Å². The van der Waals surface area contributed by atoms with E-state index in [1.165, 1.54) is 0 Å². The third-order valence-electron chi connectivity index (χ3n) is 11.0. The van der Waals surface area contributed by atoms with Crippen molar-refractivity contribution in [3.63, 3.8) is 0 Å². The van der Waals surface area contributed by atoms with E-state index in [1.807, 2.05) is 6.07 Å². The fourth-order valence-corrected chi connectivity index (χ4v) is 9.24. The summed E-state index contributed by atoms with van der Waals surface area (Å²) in [6, 6.07) is 1.85. The first kappa shape index (κ1) is 20.9. The van der Waals surface area contributed by atoms with Gasteiger partial charge in [-0.25, -0.2) is 4.79 Å². The van der Waals surface area contributed by atoms with Gasteiger partial charge in [0.05, 0.1) is 24.0 Å². The molecule has 0 radical (unpaired) electrons. The van der Waals surface area contributed by atoms with Crippen molar-refractivity contribution in [2.45, 2.75) is 90.6 Å². The molecule has 1 aromatic rings. The molecule has 0 aromatic carbocycles. The van der Waals surface area contributed by atoms with E-state index in [2.05, 4.69) is 34.6 Å². The number of fused-ring (bicyclic) bond motifs is 3. The number of carbonyl (C=O) groups is 2. The van der Waals surface area contributed by atoms with Gasteiger partial charge in [-0.3, -0.25) is 4.79 Å². The summed E-state index contributed by atoms with van der Waals surface area (Å²) in [7, 11) is 0. The molecular weight excluding hydrogens is 408 g/mol. The Morgan fingerprint density at radius 2 is 1.75 bits per heavy atom. The molecule has 1 aromatic heterocycles. The normalized spacial score (nSPS) is 53.4. The Labute approximate surface area is 189 Å². The number of Topliss-reactive ketones (excluding diaryl/α,β-unsaturated/α-hetero) is 1.